The van der Waals surface area contributed by atoms with E-state index in [1.807, 2.05) is 18.3 Å². The number of rotatable bonds is 6. The molecule has 0 bridgehead atoms. The molecular formula is C24H23F2N3O2. The van der Waals surface area contributed by atoms with Crippen LogP contribution in [-0.4, -0.2) is 27.8 Å². The number of halogens is 2. The third-order valence-corrected chi connectivity index (χ3v) is 5.51. The maximum atomic E-state index is 13.4. The first-order chi connectivity index (χ1) is 15.0. The molecule has 4 rings (SSSR count). The van der Waals surface area contributed by atoms with Crippen LogP contribution in [0.3, 0.4) is 0 Å². The summed E-state index contributed by atoms with van der Waals surface area (Å²) in [5, 5.41) is 2.76. The number of hydrogen-bond donors (Lipinski definition) is 1. The summed E-state index contributed by atoms with van der Waals surface area (Å²) in [5.41, 5.74) is 2.58. The molecule has 160 valence electrons. The molecule has 1 unspecified atom stereocenters. The zero-order valence-corrected chi connectivity index (χ0v) is 16.9. The SMILES string of the molecule is O=C(CCC(=O)N1CCn2cccc2C1c1ccc(F)cc1)NCc1ccc(F)cc1. The quantitative estimate of drug-likeness (QED) is 0.656. The van der Waals surface area contributed by atoms with Crippen LogP contribution in [0.15, 0.2) is 66.9 Å². The van der Waals surface area contributed by atoms with Gasteiger partial charge in [0.25, 0.3) is 0 Å². The van der Waals surface area contributed by atoms with Gasteiger partial charge in [0.2, 0.25) is 11.8 Å². The zero-order valence-electron chi connectivity index (χ0n) is 16.9. The molecule has 7 heteroatoms. The number of nitrogens with one attached hydrogen (secondary N) is 1. The fraction of sp³-hybridized carbons (Fsp3) is 0.250. The molecule has 0 saturated heterocycles. The van der Waals surface area contributed by atoms with Crippen LogP contribution < -0.4 is 5.32 Å². The normalized spacial score (nSPS) is 15.4. The van der Waals surface area contributed by atoms with Gasteiger partial charge >= 0.3 is 0 Å². The van der Waals surface area contributed by atoms with Crippen LogP contribution in [0.1, 0.15) is 35.7 Å². The number of hydrogen-bond acceptors (Lipinski definition) is 2. The van der Waals surface area contributed by atoms with Crippen molar-refractivity contribution in [1.29, 1.82) is 0 Å². The monoisotopic (exact) mass is 423 g/mol. The molecule has 0 aliphatic carbocycles. The van der Waals surface area contributed by atoms with Gasteiger partial charge in [0.05, 0.1) is 6.04 Å². The number of nitrogens with zero attached hydrogens (tertiary/aromatic N) is 2. The third kappa shape index (κ3) is 4.82. The van der Waals surface area contributed by atoms with Crippen LogP contribution in [0.25, 0.3) is 0 Å². The highest BCUT2D eigenvalue weighted by Gasteiger charge is 2.32. The van der Waals surface area contributed by atoms with Gasteiger partial charge in [-0.1, -0.05) is 24.3 Å². The molecule has 1 atom stereocenters. The minimum absolute atomic E-state index is 0.0632. The molecule has 3 aromatic rings. The Morgan fingerprint density at radius 1 is 0.903 bits per heavy atom. The Kier molecular flexibility index (Phi) is 6.11. The first-order valence-corrected chi connectivity index (χ1v) is 10.2. The Hall–Kier alpha value is -3.48. The van der Waals surface area contributed by atoms with Crippen molar-refractivity contribution in [3.8, 4) is 0 Å². The summed E-state index contributed by atoms with van der Waals surface area (Å²) in [6.45, 7) is 1.46. The van der Waals surface area contributed by atoms with Crippen molar-refractivity contribution in [3.63, 3.8) is 0 Å². The second kappa shape index (κ2) is 9.12. The molecule has 2 aromatic carbocycles. The second-order valence-electron chi connectivity index (χ2n) is 7.57. The van der Waals surface area contributed by atoms with Gasteiger partial charge in [0.15, 0.2) is 0 Å². The number of carbonyl (C=O) groups is 2. The Morgan fingerprint density at radius 2 is 1.58 bits per heavy atom. The van der Waals surface area contributed by atoms with E-state index < -0.39 is 0 Å². The molecule has 0 saturated carbocycles. The average Bonchev–Trinajstić information content (AvgIpc) is 3.26. The molecule has 31 heavy (non-hydrogen) atoms. The predicted octanol–water partition coefficient (Wildman–Crippen LogP) is 3.79. The van der Waals surface area contributed by atoms with Crippen LogP contribution in [0.4, 0.5) is 8.78 Å². The molecular weight excluding hydrogens is 400 g/mol. The van der Waals surface area contributed by atoms with Gasteiger partial charge in [-0.15, -0.1) is 0 Å². The van der Waals surface area contributed by atoms with E-state index in [1.54, 1.807) is 29.2 Å². The summed E-state index contributed by atoms with van der Waals surface area (Å²) in [6.07, 6.45) is 2.11. The summed E-state index contributed by atoms with van der Waals surface area (Å²) in [6, 6.07) is 15.6. The minimum atomic E-state index is -0.330. The lowest BCUT2D eigenvalue weighted by atomic mass is 9.99. The predicted molar refractivity (Wildman–Crippen MR) is 112 cm³/mol. The summed E-state index contributed by atoms with van der Waals surface area (Å²) < 4.78 is 28.5. The van der Waals surface area contributed by atoms with Crippen LogP contribution >= 0.6 is 0 Å². The highest BCUT2D eigenvalue weighted by Crippen LogP contribution is 2.33. The number of amides is 2. The lowest BCUT2D eigenvalue weighted by Gasteiger charge is -2.37. The van der Waals surface area contributed by atoms with E-state index >= 15 is 0 Å². The highest BCUT2D eigenvalue weighted by molar-refractivity contribution is 5.84. The van der Waals surface area contributed by atoms with Crippen molar-refractivity contribution in [2.75, 3.05) is 6.54 Å². The average molecular weight is 423 g/mol. The molecule has 1 aromatic heterocycles. The van der Waals surface area contributed by atoms with Gasteiger partial charge in [0, 0.05) is 44.4 Å². The highest BCUT2D eigenvalue weighted by atomic mass is 19.1. The number of fused-ring (bicyclic) bond motifs is 1. The minimum Gasteiger partial charge on any atom is -0.352 e. The van der Waals surface area contributed by atoms with Gasteiger partial charge in [-0.25, -0.2) is 8.78 Å². The van der Waals surface area contributed by atoms with E-state index in [2.05, 4.69) is 9.88 Å². The molecule has 2 amide bonds. The maximum absolute atomic E-state index is 13.4. The Labute approximate surface area is 179 Å². The van der Waals surface area contributed by atoms with E-state index in [-0.39, 0.29) is 48.9 Å². The van der Waals surface area contributed by atoms with Crippen molar-refractivity contribution < 1.29 is 18.4 Å². The van der Waals surface area contributed by atoms with Crippen molar-refractivity contribution in [2.24, 2.45) is 0 Å². The van der Waals surface area contributed by atoms with Gasteiger partial charge in [-0.05, 0) is 47.5 Å². The van der Waals surface area contributed by atoms with E-state index in [1.165, 1.54) is 24.3 Å². The molecule has 2 heterocycles. The van der Waals surface area contributed by atoms with E-state index in [0.717, 1.165) is 16.8 Å². The first kappa shape index (κ1) is 20.8. The van der Waals surface area contributed by atoms with E-state index in [0.29, 0.717) is 13.1 Å². The van der Waals surface area contributed by atoms with Crippen LogP contribution in [0, 0.1) is 11.6 Å². The summed E-state index contributed by atoms with van der Waals surface area (Å²) in [5.74, 6) is -1.02. The largest absolute Gasteiger partial charge is 0.352 e. The van der Waals surface area contributed by atoms with Crippen LogP contribution in [-0.2, 0) is 22.7 Å². The zero-order chi connectivity index (χ0) is 21.8. The smallest absolute Gasteiger partial charge is 0.223 e. The summed E-state index contributed by atoms with van der Waals surface area (Å²) in [4.78, 5) is 27.0. The van der Waals surface area contributed by atoms with Crippen LogP contribution in [0.5, 0.6) is 0 Å². The van der Waals surface area contributed by atoms with Crippen molar-refractivity contribution >= 4 is 11.8 Å². The van der Waals surface area contributed by atoms with Gasteiger partial charge in [-0.3, -0.25) is 9.59 Å². The first-order valence-electron chi connectivity index (χ1n) is 10.2. The number of carbonyl (C=O) groups excluding carboxylic acids is 2. The molecule has 0 radical (unpaired) electrons. The summed E-state index contributed by atoms with van der Waals surface area (Å²) in [7, 11) is 0. The van der Waals surface area contributed by atoms with Crippen LogP contribution in [0.2, 0.25) is 0 Å². The molecule has 1 aliphatic heterocycles. The molecule has 1 aliphatic rings. The number of benzene rings is 2. The van der Waals surface area contributed by atoms with Gasteiger partial charge < -0.3 is 14.8 Å². The molecule has 5 nitrogen and oxygen atoms in total. The van der Waals surface area contributed by atoms with E-state index in [9.17, 15) is 18.4 Å². The molecule has 1 N–H and O–H groups in total. The van der Waals surface area contributed by atoms with Gasteiger partial charge in [-0.2, -0.15) is 0 Å². The fourth-order valence-electron chi connectivity index (χ4n) is 3.90. The molecule has 0 fully saturated rings. The summed E-state index contributed by atoms with van der Waals surface area (Å²) >= 11 is 0. The fourth-order valence-corrected chi connectivity index (χ4v) is 3.90. The van der Waals surface area contributed by atoms with Crippen molar-refractivity contribution in [1.82, 2.24) is 14.8 Å². The Morgan fingerprint density at radius 3 is 2.29 bits per heavy atom. The maximum Gasteiger partial charge on any atom is 0.223 e. The Balaban J connectivity index is 1.40. The van der Waals surface area contributed by atoms with Crippen molar-refractivity contribution in [2.45, 2.75) is 32.0 Å². The van der Waals surface area contributed by atoms with E-state index in [4.69, 9.17) is 0 Å². The van der Waals surface area contributed by atoms with Gasteiger partial charge in [0.1, 0.15) is 11.6 Å². The third-order valence-electron chi connectivity index (χ3n) is 5.51. The lowest BCUT2D eigenvalue weighted by Crippen LogP contribution is -2.42. The van der Waals surface area contributed by atoms with Crippen molar-refractivity contribution in [3.05, 3.63) is 95.3 Å². The Bertz CT molecular complexity index is 1060. The lowest BCUT2D eigenvalue weighted by molar-refractivity contribution is -0.136. The molecule has 0 spiro atoms. The standard InChI is InChI=1S/C24H23F2N3O2/c25-19-7-3-17(4-8-19)16-27-22(30)11-12-23(31)29-15-14-28-13-1-2-21(28)24(29)18-5-9-20(26)10-6-18/h1-10,13,24H,11-12,14-16H2,(H,27,30). The second-order valence-corrected chi connectivity index (χ2v) is 7.57. The number of aromatic nitrogens is 1. The topological polar surface area (TPSA) is 54.3 Å².